The van der Waals surface area contributed by atoms with E-state index in [1.165, 1.54) is 0 Å². The summed E-state index contributed by atoms with van der Waals surface area (Å²) in [5.74, 6) is -0.590. The third-order valence-electron chi connectivity index (χ3n) is 4.56. The molecule has 2 aliphatic rings. The number of rotatable bonds is 7. The largest absolute Gasteiger partial charge is 0.351 e. The lowest BCUT2D eigenvalue weighted by Gasteiger charge is -2.21. The second-order valence-electron chi connectivity index (χ2n) is 6.25. The lowest BCUT2D eigenvalue weighted by Crippen LogP contribution is -2.48. The molecule has 4 amide bonds. The summed E-state index contributed by atoms with van der Waals surface area (Å²) >= 11 is 0. The monoisotopic (exact) mass is 310 g/mol. The predicted octanol–water partition coefficient (Wildman–Crippen LogP) is 0.485. The van der Waals surface area contributed by atoms with Crippen molar-refractivity contribution in [2.75, 3.05) is 13.1 Å². The van der Waals surface area contributed by atoms with Gasteiger partial charge in [-0.15, -0.1) is 0 Å². The van der Waals surface area contributed by atoms with Crippen molar-refractivity contribution < 1.29 is 14.4 Å². The number of hydrogen-bond acceptors (Lipinski definition) is 4. The van der Waals surface area contributed by atoms with Crippen molar-refractivity contribution in [1.29, 1.82) is 0 Å². The number of hydrogen-bond donors (Lipinski definition) is 3. The van der Waals surface area contributed by atoms with E-state index in [9.17, 15) is 14.4 Å². The maximum Gasteiger partial charge on any atom is 0.325 e. The van der Waals surface area contributed by atoms with Gasteiger partial charge in [0.25, 0.3) is 5.91 Å². The molecule has 2 rings (SSSR count). The molecule has 2 fully saturated rings. The standard InChI is InChI=1S/C15H26N4O3/c1-2-3-6-11(9-16)17-12(20)10-19-13(21)15(18-14(19)22)7-4-5-8-15/h11H,2-10,16H2,1H3,(H,17,20)(H,18,22). The summed E-state index contributed by atoms with van der Waals surface area (Å²) in [4.78, 5) is 37.6. The van der Waals surface area contributed by atoms with Crippen LogP contribution in [-0.2, 0) is 9.59 Å². The van der Waals surface area contributed by atoms with E-state index in [2.05, 4.69) is 17.6 Å². The second-order valence-corrected chi connectivity index (χ2v) is 6.25. The summed E-state index contributed by atoms with van der Waals surface area (Å²) in [6.07, 6.45) is 6.00. The average Bonchev–Trinajstić information content (AvgIpc) is 3.05. The Kier molecular flexibility index (Phi) is 5.39. The topological polar surface area (TPSA) is 105 Å². The molecule has 124 valence electrons. The van der Waals surface area contributed by atoms with Crippen molar-refractivity contribution in [1.82, 2.24) is 15.5 Å². The van der Waals surface area contributed by atoms with Crippen LogP contribution in [0.1, 0.15) is 51.9 Å². The molecule has 0 aromatic rings. The normalized spacial score (nSPS) is 21.3. The molecule has 7 nitrogen and oxygen atoms in total. The molecule has 0 radical (unpaired) electrons. The third-order valence-corrected chi connectivity index (χ3v) is 4.56. The summed E-state index contributed by atoms with van der Waals surface area (Å²) in [6, 6.07) is -0.562. The highest BCUT2D eigenvalue weighted by molar-refractivity contribution is 6.09. The third kappa shape index (κ3) is 3.40. The van der Waals surface area contributed by atoms with E-state index >= 15 is 0 Å². The van der Waals surface area contributed by atoms with Crippen LogP contribution in [0.25, 0.3) is 0 Å². The fourth-order valence-electron chi connectivity index (χ4n) is 3.25. The average molecular weight is 310 g/mol. The van der Waals surface area contributed by atoms with E-state index in [1.807, 2.05) is 0 Å². The van der Waals surface area contributed by atoms with Gasteiger partial charge in [0, 0.05) is 12.6 Å². The number of nitrogens with two attached hydrogens (primary N) is 1. The molecule has 1 spiro atoms. The van der Waals surface area contributed by atoms with Crippen molar-refractivity contribution in [2.45, 2.75) is 63.5 Å². The highest BCUT2D eigenvalue weighted by Gasteiger charge is 2.52. The molecule has 1 saturated heterocycles. The molecule has 1 atom stereocenters. The Bertz CT molecular complexity index is 446. The van der Waals surface area contributed by atoms with Crippen molar-refractivity contribution in [3.8, 4) is 0 Å². The molecule has 1 heterocycles. The summed E-state index contributed by atoms with van der Waals surface area (Å²) in [5.41, 5.74) is 4.89. The number of urea groups is 1. The highest BCUT2D eigenvalue weighted by atomic mass is 16.2. The lowest BCUT2D eigenvalue weighted by molar-refractivity contribution is -0.135. The molecule has 0 aromatic heterocycles. The molecular formula is C15H26N4O3. The molecule has 4 N–H and O–H groups in total. The first-order valence-electron chi connectivity index (χ1n) is 8.16. The summed E-state index contributed by atoms with van der Waals surface area (Å²) in [7, 11) is 0. The van der Waals surface area contributed by atoms with Gasteiger partial charge in [0.05, 0.1) is 0 Å². The smallest absolute Gasteiger partial charge is 0.325 e. The molecule has 0 bridgehead atoms. The highest BCUT2D eigenvalue weighted by Crippen LogP contribution is 2.34. The Morgan fingerprint density at radius 1 is 1.41 bits per heavy atom. The number of nitrogens with zero attached hydrogens (tertiary/aromatic N) is 1. The maximum absolute atomic E-state index is 12.4. The molecule has 1 aliphatic carbocycles. The fourth-order valence-corrected chi connectivity index (χ4v) is 3.25. The maximum atomic E-state index is 12.4. The van der Waals surface area contributed by atoms with E-state index in [0.717, 1.165) is 37.0 Å². The van der Waals surface area contributed by atoms with Gasteiger partial charge in [-0.05, 0) is 19.3 Å². The SMILES string of the molecule is CCCCC(CN)NC(=O)CN1C(=O)NC2(CCCC2)C1=O. The van der Waals surface area contributed by atoms with E-state index < -0.39 is 11.6 Å². The van der Waals surface area contributed by atoms with Crippen LogP contribution in [0.3, 0.4) is 0 Å². The zero-order valence-electron chi connectivity index (χ0n) is 13.2. The van der Waals surface area contributed by atoms with E-state index in [4.69, 9.17) is 5.73 Å². The van der Waals surface area contributed by atoms with Crippen LogP contribution >= 0.6 is 0 Å². The van der Waals surface area contributed by atoms with Gasteiger partial charge in [0.2, 0.25) is 5.91 Å². The number of imide groups is 1. The minimum atomic E-state index is -0.757. The number of carbonyl (C=O) groups excluding carboxylic acids is 3. The summed E-state index contributed by atoms with van der Waals surface area (Å²) in [5, 5.41) is 5.58. The van der Waals surface area contributed by atoms with Gasteiger partial charge in [-0.3, -0.25) is 14.5 Å². The Labute approximate surface area is 131 Å². The zero-order valence-corrected chi connectivity index (χ0v) is 13.2. The summed E-state index contributed by atoms with van der Waals surface area (Å²) < 4.78 is 0. The lowest BCUT2D eigenvalue weighted by atomic mass is 9.98. The second kappa shape index (κ2) is 7.09. The first kappa shape index (κ1) is 16.7. The van der Waals surface area contributed by atoms with Crippen LogP contribution in [-0.4, -0.2) is 47.4 Å². The molecule has 1 unspecified atom stereocenters. The van der Waals surface area contributed by atoms with Crippen LogP contribution in [0.5, 0.6) is 0 Å². The van der Waals surface area contributed by atoms with Gasteiger partial charge >= 0.3 is 6.03 Å². The Balaban J connectivity index is 1.91. The van der Waals surface area contributed by atoms with Gasteiger partial charge < -0.3 is 16.4 Å². The van der Waals surface area contributed by atoms with Crippen molar-refractivity contribution in [3.05, 3.63) is 0 Å². The van der Waals surface area contributed by atoms with Crippen LogP contribution in [0.15, 0.2) is 0 Å². The number of amides is 4. The minimum absolute atomic E-state index is 0.103. The Morgan fingerprint density at radius 2 is 2.09 bits per heavy atom. The van der Waals surface area contributed by atoms with Crippen LogP contribution in [0.4, 0.5) is 4.79 Å². The van der Waals surface area contributed by atoms with Gasteiger partial charge in [-0.1, -0.05) is 32.6 Å². The minimum Gasteiger partial charge on any atom is -0.351 e. The first-order chi connectivity index (χ1) is 10.5. The molecule has 22 heavy (non-hydrogen) atoms. The molecule has 1 saturated carbocycles. The van der Waals surface area contributed by atoms with Crippen LogP contribution < -0.4 is 16.4 Å². The van der Waals surface area contributed by atoms with Crippen molar-refractivity contribution in [2.24, 2.45) is 5.73 Å². The Hall–Kier alpha value is -1.63. The van der Waals surface area contributed by atoms with E-state index in [-0.39, 0.29) is 24.4 Å². The van der Waals surface area contributed by atoms with Crippen molar-refractivity contribution >= 4 is 17.8 Å². The Morgan fingerprint density at radius 3 is 2.68 bits per heavy atom. The zero-order chi connectivity index (χ0) is 16.2. The fraction of sp³-hybridized carbons (Fsp3) is 0.800. The van der Waals surface area contributed by atoms with Crippen LogP contribution in [0, 0.1) is 0 Å². The van der Waals surface area contributed by atoms with E-state index in [0.29, 0.717) is 19.4 Å². The van der Waals surface area contributed by atoms with Gasteiger partial charge in [-0.25, -0.2) is 4.79 Å². The van der Waals surface area contributed by atoms with Gasteiger partial charge in [0.1, 0.15) is 12.1 Å². The summed E-state index contributed by atoms with van der Waals surface area (Å²) in [6.45, 7) is 2.20. The quantitative estimate of drug-likeness (QED) is 0.595. The molecular weight excluding hydrogens is 284 g/mol. The molecule has 0 aromatic carbocycles. The first-order valence-corrected chi connectivity index (χ1v) is 8.16. The van der Waals surface area contributed by atoms with Crippen molar-refractivity contribution in [3.63, 3.8) is 0 Å². The molecule has 7 heteroatoms. The molecule has 1 aliphatic heterocycles. The predicted molar refractivity (Wildman–Crippen MR) is 82.0 cm³/mol. The van der Waals surface area contributed by atoms with E-state index in [1.54, 1.807) is 0 Å². The van der Waals surface area contributed by atoms with Crippen LogP contribution in [0.2, 0.25) is 0 Å². The van der Waals surface area contributed by atoms with Gasteiger partial charge in [-0.2, -0.15) is 0 Å². The van der Waals surface area contributed by atoms with Gasteiger partial charge in [0.15, 0.2) is 0 Å². The number of carbonyl (C=O) groups is 3. The number of unbranched alkanes of at least 4 members (excludes halogenated alkanes) is 1. The number of nitrogens with one attached hydrogen (secondary N) is 2.